The molecule has 3 aromatic rings. The highest BCUT2D eigenvalue weighted by Crippen LogP contribution is 2.34. The molecule has 11 heteroatoms. The number of hydrogen-bond donors (Lipinski definition) is 0. The molecule has 1 heterocycles. The van der Waals surface area contributed by atoms with Gasteiger partial charge in [0.25, 0.3) is 16.8 Å². The van der Waals surface area contributed by atoms with Crippen LogP contribution in [0.2, 0.25) is 10.0 Å². The van der Waals surface area contributed by atoms with Crippen molar-refractivity contribution in [1.82, 2.24) is 4.90 Å². The average molecular weight is 529 g/mol. The number of nitrogens with zero attached hydrogens (tertiary/aromatic N) is 2. The van der Waals surface area contributed by atoms with Crippen molar-refractivity contribution in [3.8, 4) is 5.75 Å². The van der Waals surface area contributed by atoms with Crippen molar-refractivity contribution < 1.29 is 24.0 Å². The van der Waals surface area contributed by atoms with E-state index in [1.807, 2.05) is 0 Å². The summed E-state index contributed by atoms with van der Waals surface area (Å²) in [5, 5.41) is 11.3. The van der Waals surface area contributed by atoms with Crippen molar-refractivity contribution in [2.24, 2.45) is 0 Å². The molecule has 0 bridgehead atoms. The summed E-state index contributed by atoms with van der Waals surface area (Å²) in [7, 11) is 0. The molecule has 0 N–H and O–H groups in total. The quantitative estimate of drug-likeness (QED) is 0.120. The summed E-state index contributed by atoms with van der Waals surface area (Å²) < 4.78 is 5.26. The van der Waals surface area contributed by atoms with E-state index in [0.29, 0.717) is 21.2 Å². The molecular formula is C24H14Cl2N2O6S. The van der Waals surface area contributed by atoms with Crippen LogP contribution in [-0.2, 0) is 11.3 Å². The fourth-order valence-electron chi connectivity index (χ4n) is 3.15. The molecule has 0 radical (unpaired) electrons. The van der Waals surface area contributed by atoms with Crippen LogP contribution >= 0.6 is 35.0 Å². The minimum Gasteiger partial charge on any atom is -0.423 e. The highest BCUT2D eigenvalue weighted by Gasteiger charge is 2.35. The number of amides is 2. The van der Waals surface area contributed by atoms with Gasteiger partial charge < -0.3 is 4.74 Å². The number of imide groups is 1. The van der Waals surface area contributed by atoms with Crippen molar-refractivity contribution in [3.63, 3.8) is 0 Å². The topological polar surface area (TPSA) is 107 Å². The standard InChI is InChI=1S/C24H14Cl2N2O6S/c25-17-7-6-16(20(26)12-17)13-27-22(29)21(35-24(27)31)10-14-4-8-19(9-5-14)34-23(30)15-2-1-3-18(11-15)28(32)33/h1-12H,13H2/b21-10-. The van der Waals surface area contributed by atoms with E-state index in [9.17, 15) is 24.5 Å². The largest absolute Gasteiger partial charge is 0.423 e. The normalized spacial score (nSPS) is 14.5. The SMILES string of the molecule is O=C(Oc1ccc(/C=C2\SC(=O)N(Cc3ccc(Cl)cc3Cl)C2=O)cc1)c1cccc([N+](=O)[O-])c1. The number of rotatable bonds is 6. The van der Waals surface area contributed by atoms with Crippen molar-refractivity contribution in [2.45, 2.75) is 6.54 Å². The summed E-state index contributed by atoms with van der Waals surface area (Å²) in [5.41, 5.74) is 1.02. The van der Waals surface area contributed by atoms with Gasteiger partial charge in [-0.2, -0.15) is 0 Å². The fourth-order valence-corrected chi connectivity index (χ4v) is 4.46. The van der Waals surface area contributed by atoms with E-state index in [1.54, 1.807) is 36.4 Å². The second-order valence-electron chi connectivity index (χ2n) is 7.27. The number of carbonyl (C=O) groups excluding carboxylic acids is 3. The summed E-state index contributed by atoms with van der Waals surface area (Å²) in [6, 6.07) is 16.3. The molecule has 0 unspecified atom stereocenters. The van der Waals surface area contributed by atoms with Gasteiger partial charge in [0.1, 0.15) is 5.75 Å². The van der Waals surface area contributed by atoms with Gasteiger partial charge in [0.15, 0.2) is 0 Å². The molecule has 1 saturated heterocycles. The Balaban J connectivity index is 1.44. The smallest absolute Gasteiger partial charge is 0.343 e. The third kappa shape index (κ3) is 5.71. The minimum absolute atomic E-state index is 0.0184. The molecule has 3 aromatic carbocycles. The van der Waals surface area contributed by atoms with E-state index in [2.05, 4.69) is 0 Å². The molecule has 8 nitrogen and oxygen atoms in total. The monoisotopic (exact) mass is 528 g/mol. The fraction of sp³-hybridized carbons (Fsp3) is 0.0417. The number of benzene rings is 3. The molecule has 0 aliphatic carbocycles. The van der Waals surface area contributed by atoms with Crippen molar-refractivity contribution in [3.05, 3.63) is 108 Å². The molecular weight excluding hydrogens is 515 g/mol. The lowest BCUT2D eigenvalue weighted by molar-refractivity contribution is -0.384. The number of nitro groups is 1. The van der Waals surface area contributed by atoms with E-state index in [-0.39, 0.29) is 28.5 Å². The highest BCUT2D eigenvalue weighted by molar-refractivity contribution is 8.18. The Morgan fingerprint density at radius 3 is 2.49 bits per heavy atom. The van der Waals surface area contributed by atoms with Crippen LogP contribution in [0.15, 0.2) is 71.6 Å². The molecule has 0 saturated carbocycles. The summed E-state index contributed by atoms with van der Waals surface area (Å²) >= 11 is 12.9. The number of thioether (sulfide) groups is 1. The molecule has 176 valence electrons. The van der Waals surface area contributed by atoms with Gasteiger partial charge >= 0.3 is 5.97 Å². The Labute approximate surface area is 213 Å². The predicted octanol–water partition coefficient (Wildman–Crippen LogP) is 6.36. The second kappa shape index (κ2) is 10.3. The zero-order valence-electron chi connectivity index (χ0n) is 17.6. The second-order valence-corrected chi connectivity index (χ2v) is 9.11. The molecule has 0 atom stereocenters. The molecule has 4 rings (SSSR count). The number of carbonyl (C=O) groups is 3. The van der Waals surface area contributed by atoms with Gasteiger partial charge in [-0.05, 0) is 59.3 Å². The van der Waals surface area contributed by atoms with E-state index < -0.39 is 22.0 Å². The van der Waals surface area contributed by atoms with Gasteiger partial charge in [-0.25, -0.2) is 4.79 Å². The first-order chi connectivity index (χ1) is 16.7. The lowest BCUT2D eigenvalue weighted by Crippen LogP contribution is -2.27. The van der Waals surface area contributed by atoms with Crippen LogP contribution in [0.1, 0.15) is 21.5 Å². The van der Waals surface area contributed by atoms with Gasteiger partial charge in [0.05, 0.1) is 21.9 Å². The predicted molar refractivity (Wildman–Crippen MR) is 132 cm³/mol. The zero-order valence-corrected chi connectivity index (χ0v) is 20.0. The first kappa shape index (κ1) is 24.5. The van der Waals surface area contributed by atoms with E-state index in [4.69, 9.17) is 27.9 Å². The van der Waals surface area contributed by atoms with Gasteiger partial charge in [-0.3, -0.25) is 24.6 Å². The number of esters is 1. The first-order valence-corrected chi connectivity index (χ1v) is 11.5. The number of nitro benzene ring substituents is 1. The Morgan fingerprint density at radius 1 is 1.06 bits per heavy atom. The maximum Gasteiger partial charge on any atom is 0.343 e. The highest BCUT2D eigenvalue weighted by atomic mass is 35.5. The van der Waals surface area contributed by atoms with Crippen LogP contribution < -0.4 is 4.74 Å². The summed E-state index contributed by atoms with van der Waals surface area (Å²) in [6.45, 7) is 0.0184. The van der Waals surface area contributed by atoms with Crippen LogP contribution in [-0.4, -0.2) is 26.9 Å². The van der Waals surface area contributed by atoms with Crippen molar-refractivity contribution >= 4 is 63.8 Å². The molecule has 2 amide bonds. The van der Waals surface area contributed by atoms with Crippen LogP contribution in [0.3, 0.4) is 0 Å². The van der Waals surface area contributed by atoms with Gasteiger partial charge in [0, 0.05) is 22.2 Å². The lowest BCUT2D eigenvalue weighted by Gasteiger charge is -2.13. The summed E-state index contributed by atoms with van der Waals surface area (Å²) in [6.07, 6.45) is 1.56. The average Bonchev–Trinajstić information content (AvgIpc) is 3.09. The molecule has 1 aliphatic heterocycles. The Bertz CT molecular complexity index is 1390. The molecule has 1 aliphatic rings. The minimum atomic E-state index is -0.747. The van der Waals surface area contributed by atoms with Gasteiger partial charge in [-0.15, -0.1) is 0 Å². The number of ether oxygens (including phenoxy) is 1. The molecule has 0 aromatic heterocycles. The maximum atomic E-state index is 12.8. The summed E-state index contributed by atoms with van der Waals surface area (Å²) in [5.74, 6) is -0.986. The van der Waals surface area contributed by atoms with Crippen LogP contribution in [0.5, 0.6) is 5.75 Å². The number of halogens is 2. The van der Waals surface area contributed by atoms with E-state index in [0.717, 1.165) is 22.7 Å². The number of hydrogen-bond acceptors (Lipinski definition) is 7. The van der Waals surface area contributed by atoms with Gasteiger partial charge in [-0.1, -0.05) is 47.5 Å². The van der Waals surface area contributed by atoms with Crippen molar-refractivity contribution in [1.29, 1.82) is 0 Å². The summed E-state index contributed by atoms with van der Waals surface area (Å²) in [4.78, 5) is 49.1. The van der Waals surface area contributed by atoms with Crippen molar-refractivity contribution in [2.75, 3.05) is 0 Å². The Morgan fingerprint density at radius 2 is 1.80 bits per heavy atom. The molecule has 0 spiro atoms. The Kier molecular flexibility index (Phi) is 7.20. The van der Waals surface area contributed by atoms with Crippen LogP contribution in [0.25, 0.3) is 6.08 Å². The third-order valence-corrected chi connectivity index (χ3v) is 6.39. The maximum absolute atomic E-state index is 12.8. The molecule has 1 fully saturated rings. The van der Waals surface area contributed by atoms with Crippen LogP contribution in [0, 0.1) is 10.1 Å². The van der Waals surface area contributed by atoms with Gasteiger partial charge in [0.2, 0.25) is 0 Å². The zero-order chi connectivity index (χ0) is 25.1. The lowest BCUT2D eigenvalue weighted by atomic mass is 10.2. The van der Waals surface area contributed by atoms with E-state index >= 15 is 0 Å². The molecule has 35 heavy (non-hydrogen) atoms. The van der Waals surface area contributed by atoms with E-state index in [1.165, 1.54) is 30.3 Å². The third-order valence-electron chi connectivity index (χ3n) is 4.90. The van der Waals surface area contributed by atoms with Crippen LogP contribution in [0.4, 0.5) is 10.5 Å². The first-order valence-electron chi connectivity index (χ1n) is 9.97. The Hall–Kier alpha value is -3.66. The number of non-ortho nitro benzene ring substituents is 1.